The van der Waals surface area contributed by atoms with Crippen LogP contribution in [-0.2, 0) is 17.8 Å². The third-order valence-electron chi connectivity index (χ3n) is 4.95. The molecule has 2 aromatic heterocycles. The van der Waals surface area contributed by atoms with E-state index in [9.17, 15) is 9.18 Å². The van der Waals surface area contributed by atoms with E-state index in [1.54, 1.807) is 18.3 Å². The first-order valence-corrected chi connectivity index (χ1v) is 9.73. The third kappa shape index (κ3) is 4.51. The predicted octanol–water partition coefficient (Wildman–Crippen LogP) is 5.01. The average molecular weight is 387 g/mol. The summed E-state index contributed by atoms with van der Waals surface area (Å²) in [4.78, 5) is 20.0. The number of fused-ring (bicyclic) bond motifs is 1. The molecule has 0 spiro atoms. The highest BCUT2D eigenvalue weighted by atomic mass is 19.1. The van der Waals surface area contributed by atoms with Crippen molar-refractivity contribution in [1.29, 1.82) is 0 Å². The largest absolute Gasteiger partial charge is 0.353 e. The molecule has 2 N–H and O–H groups in total. The molecule has 4 nitrogen and oxygen atoms in total. The van der Waals surface area contributed by atoms with Crippen LogP contribution < -0.4 is 5.32 Å². The Morgan fingerprint density at radius 3 is 2.66 bits per heavy atom. The fraction of sp³-hybridized carbons (Fsp3) is 0.167. The van der Waals surface area contributed by atoms with E-state index < -0.39 is 0 Å². The molecular formula is C24H22FN3O. The van der Waals surface area contributed by atoms with Gasteiger partial charge in [0.05, 0.1) is 11.4 Å². The number of halogens is 1. The van der Waals surface area contributed by atoms with Gasteiger partial charge in [0, 0.05) is 30.1 Å². The Bertz CT molecular complexity index is 1110. The summed E-state index contributed by atoms with van der Waals surface area (Å²) < 4.78 is 13.8. The van der Waals surface area contributed by atoms with Gasteiger partial charge >= 0.3 is 0 Å². The van der Waals surface area contributed by atoms with Crippen LogP contribution in [0.1, 0.15) is 24.0 Å². The molecule has 5 heteroatoms. The molecular weight excluding hydrogens is 365 g/mol. The Morgan fingerprint density at radius 1 is 1.03 bits per heavy atom. The van der Waals surface area contributed by atoms with Crippen LogP contribution in [0.4, 0.5) is 4.39 Å². The van der Waals surface area contributed by atoms with Crippen molar-refractivity contribution < 1.29 is 9.18 Å². The van der Waals surface area contributed by atoms with Gasteiger partial charge in [-0.25, -0.2) is 4.39 Å². The normalized spacial score (nSPS) is 10.9. The summed E-state index contributed by atoms with van der Waals surface area (Å²) in [5.74, 6) is -0.259. The van der Waals surface area contributed by atoms with Crippen molar-refractivity contribution in [1.82, 2.24) is 15.3 Å². The lowest BCUT2D eigenvalue weighted by Crippen LogP contribution is -2.22. The van der Waals surface area contributed by atoms with Crippen LogP contribution >= 0.6 is 0 Å². The standard InChI is InChI=1S/C24H22FN3O/c25-18-12-13-21-20(15-18)19(24(28-21)22-10-4-5-14-26-22)9-6-11-23(29)27-16-17-7-2-1-3-8-17/h1-5,7-8,10,12-15,28H,6,9,11,16H2,(H,27,29). The number of nitrogens with one attached hydrogen (secondary N) is 2. The van der Waals surface area contributed by atoms with Crippen molar-refractivity contribution in [3.05, 3.63) is 89.9 Å². The number of aromatic amines is 1. The summed E-state index contributed by atoms with van der Waals surface area (Å²) >= 11 is 0. The van der Waals surface area contributed by atoms with Crippen molar-refractivity contribution >= 4 is 16.8 Å². The Labute approximate surface area is 168 Å². The van der Waals surface area contributed by atoms with Gasteiger partial charge in [-0.15, -0.1) is 0 Å². The molecule has 0 radical (unpaired) electrons. The first-order valence-electron chi connectivity index (χ1n) is 9.73. The minimum Gasteiger partial charge on any atom is -0.353 e. The fourth-order valence-corrected chi connectivity index (χ4v) is 3.52. The van der Waals surface area contributed by atoms with Gasteiger partial charge in [0.2, 0.25) is 5.91 Å². The van der Waals surface area contributed by atoms with Gasteiger partial charge < -0.3 is 10.3 Å². The number of carbonyl (C=O) groups excluding carboxylic acids is 1. The number of hydrogen-bond acceptors (Lipinski definition) is 2. The third-order valence-corrected chi connectivity index (χ3v) is 4.95. The molecule has 0 fully saturated rings. The maximum Gasteiger partial charge on any atom is 0.220 e. The zero-order valence-electron chi connectivity index (χ0n) is 16.0. The lowest BCUT2D eigenvalue weighted by Gasteiger charge is -2.07. The van der Waals surface area contributed by atoms with Crippen LogP contribution in [0, 0.1) is 5.82 Å². The average Bonchev–Trinajstić information content (AvgIpc) is 3.11. The molecule has 0 aliphatic carbocycles. The van der Waals surface area contributed by atoms with E-state index in [2.05, 4.69) is 15.3 Å². The van der Waals surface area contributed by atoms with Gasteiger partial charge in [-0.2, -0.15) is 0 Å². The lowest BCUT2D eigenvalue weighted by molar-refractivity contribution is -0.121. The van der Waals surface area contributed by atoms with Gasteiger partial charge in [-0.3, -0.25) is 9.78 Å². The quantitative estimate of drug-likeness (QED) is 0.468. The number of H-pyrrole nitrogens is 1. The molecule has 2 heterocycles. The van der Waals surface area contributed by atoms with Crippen molar-refractivity contribution in [3.63, 3.8) is 0 Å². The zero-order valence-corrected chi connectivity index (χ0v) is 16.0. The number of amides is 1. The Kier molecular flexibility index (Phi) is 5.66. The zero-order chi connectivity index (χ0) is 20.1. The Morgan fingerprint density at radius 2 is 1.86 bits per heavy atom. The highest BCUT2D eigenvalue weighted by Gasteiger charge is 2.15. The molecule has 29 heavy (non-hydrogen) atoms. The number of aromatic nitrogens is 2. The highest BCUT2D eigenvalue weighted by molar-refractivity contribution is 5.90. The van der Waals surface area contributed by atoms with E-state index >= 15 is 0 Å². The SMILES string of the molecule is O=C(CCCc1c(-c2ccccn2)[nH]c2ccc(F)cc12)NCc1ccccc1. The summed E-state index contributed by atoms with van der Waals surface area (Å²) in [6.07, 6.45) is 3.48. The monoisotopic (exact) mass is 387 g/mol. The highest BCUT2D eigenvalue weighted by Crippen LogP contribution is 2.31. The second-order valence-electron chi connectivity index (χ2n) is 7.00. The molecule has 2 aromatic carbocycles. The Hall–Kier alpha value is -3.47. The summed E-state index contributed by atoms with van der Waals surface area (Å²) in [5, 5.41) is 3.80. The second kappa shape index (κ2) is 8.69. The van der Waals surface area contributed by atoms with Crippen LogP contribution in [-0.4, -0.2) is 15.9 Å². The molecule has 0 saturated carbocycles. The lowest BCUT2D eigenvalue weighted by atomic mass is 10.0. The van der Waals surface area contributed by atoms with Crippen LogP contribution in [0.25, 0.3) is 22.3 Å². The number of hydrogen-bond donors (Lipinski definition) is 2. The smallest absolute Gasteiger partial charge is 0.220 e. The molecule has 0 bridgehead atoms. The maximum absolute atomic E-state index is 13.8. The Balaban J connectivity index is 1.47. The van der Waals surface area contributed by atoms with Gasteiger partial charge in [-0.1, -0.05) is 36.4 Å². The molecule has 0 unspecified atom stereocenters. The molecule has 0 aliphatic heterocycles. The predicted molar refractivity (Wildman–Crippen MR) is 113 cm³/mol. The van der Waals surface area contributed by atoms with Gasteiger partial charge in [0.15, 0.2) is 0 Å². The van der Waals surface area contributed by atoms with Crippen LogP contribution in [0.5, 0.6) is 0 Å². The van der Waals surface area contributed by atoms with Crippen LogP contribution in [0.15, 0.2) is 72.9 Å². The van der Waals surface area contributed by atoms with Crippen molar-refractivity contribution in [2.24, 2.45) is 0 Å². The van der Waals surface area contributed by atoms with E-state index in [1.807, 2.05) is 48.5 Å². The number of aryl methyl sites for hydroxylation is 1. The number of pyridine rings is 1. The molecule has 146 valence electrons. The second-order valence-corrected chi connectivity index (χ2v) is 7.00. The molecule has 0 saturated heterocycles. The van der Waals surface area contributed by atoms with E-state index in [1.165, 1.54) is 6.07 Å². The molecule has 0 atom stereocenters. The topological polar surface area (TPSA) is 57.8 Å². The van der Waals surface area contributed by atoms with Gasteiger partial charge in [0.25, 0.3) is 0 Å². The van der Waals surface area contributed by atoms with E-state index in [-0.39, 0.29) is 11.7 Å². The molecule has 0 aliphatic rings. The van der Waals surface area contributed by atoms with Gasteiger partial charge in [0.1, 0.15) is 5.82 Å². The molecule has 4 aromatic rings. The van der Waals surface area contributed by atoms with Crippen molar-refractivity contribution in [2.45, 2.75) is 25.8 Å². The summed E-state index contributed by atoms with van der Waals surface area (Å²) in [6, 6.07) is 20.3. The minimum atomic E-state index is -0.272. The fourth-order valence-electron chi connectivity index (χ4n) is 3.52. The van der Waals surface area contributed by atoms with E-state index in [0.29, 0.717) is 25.8 Å². The van der Waals surface area contributed by atoms with Crippen molar-refractivity contribution in [3.8, 4) is 11.4 Å². The minimum absolute atomic E-state index is 0.0132. The van der Waals surface area contributed by atoms with E-state index in [4.69, 9.17) is 0 Å². The maximum atomic E-state index is 13.8. The van der Waals surface area contributed by atoms with Gasteiger partial charge in [-0.05, 0) is 54.3 Å². The number of carbonyl (C=O) groups is 1. The number of rotatable bonds is 7. The molecule has 4 rings (SSSR count). The summed E-state index contributed by atoms with van der Waals surface area (Å²) in [6.45, 7) is 0.525. The summed E-state index contributed by atoms with van der Waals surface area (Å²) in [7, 11) is 0. The van der Waals surface area contributed by atoms with Crippen LogP contribution in [0.2, 0.25) is 0 Å². The van der Waals surface area contributed by atoms with E-state index in [0.717, 1.165) is 33.4 Å². The number of benzene rings is 2. The first-order chi connectivity index (χ1) is 14.2. The first kappa shape index (κ1) is 18.9. The van der Waals surface area contributed by atoms with Crippen LogP contribution in [0.3, 0.4) is 0 Å². The molecule has 1 amide bonds. The summed E-state index contributed by atoms with van der Waals surface area (Å²) in [5.41, 5.74) is 4.64. The number of nitrogens with zero attached hydrogens (tertiary/aromatic N) is 1. The van der Waals surface area contributed by atoms with Crippen molar-refractivity contribution in [2.75, 3.05) is 0 Å².